The highest BCUT2D eigenvalue weighted by Crippen LogP contribution is 2.44. The van der Waals surface area contributed by atoms with Crippen LogP contribution in [-0.2, 0) is 16.0 Å². The minimum atomic E-state index is -1.32. The van der Waals surface area contributed by atoms with Gasteiger partial charge >= 0.3 is 0 Å². The Labute approximate surface area is 207 Å². The number of halogens is 1. The van der Waals surface area contributed by atoms with Gasteiger partial charge in [-0.25, -0.2) is 4.39 Å². The van der Waals surface area contributed by atoms with Crippen LogP contribution in [0.3, 0.4) is 0 Å². The number of nitrogens with zero attached hydrogens (tertiary/aromatic N) is 1. The summed E-state index contributed by atoms with van der Waals surface area (Å²) in [5, 5.41) is 7.95. The second-order valence-corrected chi connectivity index (χ2v) is 10.5. The molecule has 35 heavy (non-hydrogen) atoms. The molecule has 0 saturated heterocycles. The summed E-state index contributed by atoms with van der Waals surface area (Å²) in [6.45, 7) is 8.12. The number of fused-ring (bicyclic) bond motifs is 1. The van der Waals surface area contributed by atoms with Crippen LogP contribution >= 0.6 is 0 Å². The summed E-state index contributed by atoms with van der Waals surface area (Å²) in [7, 11) is 0. The zero-order valence-corrected chi connectivity index (χ0v) is 20.8. The highest BCUT2D eigenvalue weighted by Gasteiger charge is 2.47. The number of aryl methyl sites for hydroxylation is 1. The van der Waals surface area contributed by atoms with Crippen LogP contribution in [0.1, 0.15) is 63.5 Å². The van der Waals surface area contributed by atoms with Crippen molar-refractivity contribution in [3.8, 4) is 0 Å². The number of hydrogen-bond donors (Lipinski definition) is 1. The Morgan fingerprint density at radius 2 is 1.77 bits per heavy atom. The monoisotopic (exact) mass is 474 g/mol. The van der Waals surface area contributed by atoms with Gasteiger partial charge in [-0.1, -0.05) is 36.9 Å². The predicted octanol–water partition coefficient (Wildman–Crippen LogP) is 6.89. The topological polar surface area (TPSA) is 61.2 Å². The van der Waals surface area contributed by atoms with Gasteiger partial charge in [0.25, 0.3) is 0 Å². The van der Waals surface area contributed by atoms with E-state index in [1.807, 2.05) is 12.1 Å². The number of allylic oxidation sites excluding steroid dienone is 1. The maximum absolute atomic E-state index is 14.4. The number of carbonyl (C=O) groups excluding carboxylic acids is 2. The van der Waals surface area contributed by atoms with Gasteiger partial charge in [-0.2, -0.15) is 0 Å². The Balaban J connectivity index is 1.49. The molecule has 1 saturated carbocycles. The van der Waals surface area contributed by atoms with Crippen molar-refractivity contribution in [2.75, 3.05) is 11.4 Å². The number of benzene rings is 2. The summed E-state index contributed by atoms with van der Waals surface area (Å²) >= 11 is 0. The molecular weight excluding hydrogens is 439 g/mol. The highest BCUT2D eigenvalue weighted by molar-refractivity contribution is 6.11. The fraction of sp³-hybridized carbons (Fsp3) is 0.433. The molecule has 1 fully saturated rings. The quantitative estimate of drug-likeness (QED) is 0.335. The number of alkyl halides is 1. The highest BCUT2D eigenvalue weighted by atomic mass is 19.1. The number of anilines is 2. The predicted molar refractivity (Wildman–Crippen MR) is 140 cm³/mol. The lowest BCUT2D eigenvalue weighted by Crippen LogP contribution is -2.45. The van der Waals surface area contributed by atoms with Crippen LogP contribution in [0.15, 0.2) is 55.1 Å². The Morgan fingerprint density at radius 3 is 2.40 bits per heavy atom. The Hall–Kier alpha value is -3.08. The lowest BCUT2D eigenvalue weighted by Gasteiger charge is -2.39. The second-order valence-electron chi connectivity index (χ2n) is 10.5. The number of hydrogen-bond acceptors (Lipinski definition) is 4. The van der Waals surface area contributed by atoms with Gasteiger partial charge in [0.2, 0.25) is 0 Å². The first-order valence-electron chi connectivity index (χ1n) is 12.5. The van der Waals surface area contributed by atoms with Crippen molar-refractivity contribution in [1.82, 2.24) is 0 Å². The molecule has 1 aliphatic heterocycles. The van der Waals surface area contributed by atoms with Gasteiger partial charge in [-0.3, -0.25) is 9.59 Å². The lowest BCUT2D eigenvalue weighted by molar-refractivity contribution is -0.137. The Bertz CT molecular complexity index is 1130. The number of carbonyl (C=O) groups is 2. The summed E-state index contributed by atoms with van der Waals surface area (Å²) in [6.07, 6.45) is 4.53. The van der Waals surface area contributed by atoms with Crippen molar-refractivity contribution in [1.29, 1.82) is 5.41 Å². The maximum Gasteiger partial charge on any atom is 0.155 e. The molecule has 4 nitrogen and oxygen atoms in total. The summed E-state index contributed by atoms with van der Waals surface area (Å²) in [5.41, 5.74) is 2.92. The van der Waals surface area contributed by atoms with Crippen molar-refractivity contribution < 1.29 is 14.0 Å². The molecule has 0 bridgehead atoms. The molecule has 1 aliphatic carbocycles. The van der Waals surface area contributed by atoms with E-state index in [4.69, 9.17) is 5.41 Å². The summed E-state index contributed by atoms with van der Waals surface area (Å²) in [4.78, 5) is 28.4. The average molecular weight is 475 g/mol. The van der Waals surface area contributed by atoms with Gasteiger partial charge in [-0.05, 0) is 93.7 Å². The molecule has 2 aromatic carbocycles. The minimum Gasteiger partial charge on any atom is -0.341 e. The van der Waals surface area contributed by atoms with E-state index in [1.165, 1.54) is 18.2 Å². The van der Waals surface area contributed by atoms with E-state index in [9.17, 15) is 14.0 Å². The zero-order chi connectivity index (χ0) is 25.2. The molecule has 0 amide bonds. The molecule has 0 spiro atoms. The normalized spacial score (nSPS) is 24.8. The number of Topliss-reactive ketones (excluding diaryl/α,β-unsaturated/α-hetero) is 2. The van der Waals surface area contributed by atoms with E-state index in [-0.39, 0.29) is 43.7 Å². The number of rotatable bonds is 8. The molecule has 1 N–H and O–H groups in total. The van der Waals surface area contributed by atoms with Gasteiger partial charge in [0, 0.05) is 24.1 Å². The van der Waals surface area contributed by atoms with Crippen molar-refractivity contribution in [3.63, 3.8) is 0 Å². The SMILES string of the molecule is C=C(CC(C(C)=O)C(=O)C1(C=N)CCC(C)(F)CC1)c1ccc(N2CCCc3ccccc32)cc1. The number of ketones is 2. The van der Waals surface area contributed by atoms with E-state index < -0.39 is 17.0 Å². The Morgan fingerprint density at radius 1 is 1.11 bits per heavy atom. The third kappa shape index (κ3) is 5.14. The smallest absolute Gasteiger partial charge is 0.155 e. The third-order valence-electron chi connectivity index (χ3n) is 7.91. The molecule has 2 aliphatic rings. The molecule has 0 radical (unpaired) electrons. The van der Waals surface area contributed by atoms with Gasteiger partial charge in [0.05, 0.1) is 11.3 Å². The van der Waals surface area contributed by atoms with Crippen molar-refractivity contribution in [2.24, 2.45) is 11.3 Å². The first-order chi connectivity index (χ1) is 16.7. The summed E-state index contributed by atoms with van der Waals surface area (Å²) in [6, 6.07) is 16.6. The van der Waals surface area contributed by atoms with Gasteiger partial charge in [0.15, 0.2) is 5.78 Å². The summed E-state index contributed by atoms with van der Waals surface area (Å²) < 4.78 is 14.4. The van der Waals surface area contributed by atoms with Crippen molar-refractivity contribution >= 4 is 34.7 Å². The second kappa shape index (κ2) is 9.88. The van der Waals surface area contributed by atoms with Crippen LogP contribution < -0.4 is 4.90 Å². The molecule has 4 rings (SSSR count). The third-order valence-corrected chi connectivity index (χ3v) is 7.91. The van der Waals surface area contributed by atoms with Crippen molar-refractivity contribution in [3.05, 3.63) is 66.2 Å². The van der Waals surface area contributed by atoms with Crippen LogP contribution in [0.25, 0.3) is 5.57 Å². The molecule has 1 heterocycles. The minimum absolute atomic E-state index is 0.211. The van der Waals surface area contributed by atoms with E-state index in [0.29, 0.717) is 0 Å². The molecule has 1 atom stereocenters. The van der Waals surface area contributed by atoms with Gasteiger partial charge in [0.1, 0.15) is 11.5 Å². The van der Waals surface area contributed by atoms with Crippen LogP contribution in [0.5, 0.6) is 0 Å². The Kier molecular flexibility index (Phi) is 7.07. The number of nitrogens with one attached hydrogen (secondary N) is 1. The van der Waals surface area contributed by atoms with Gasteiger partial charge < -0.3 is 10.3 Å². The standard InChI is InChI=1S/C30H35FN2O2/c1-21(19-26(22(2)34)28(35)30(20-32)16-14-29(3,31)15-17-30)23-10-12-25(13-11-23)33-18-6-8-24-7-4-5-9-27(24)33/h4-5,7,9-13,20,26,32H,1,6,8,14-19H2,2-3H3. The maximum atomic E-state index is 14.4. The fourth-order valence-corrected chi connectivity index (χ4v) is 5.49. The van der Waals surface area contributed by atoms with E-state index in [1.54, 1.807) is 6.92 Å². The molecule has 0 aromatic heterocycles. The molecular formula is C30H35FN2O2. The van der Waals surface area contributed by atoms with E-state index in [2.05, 4.69) is 47.9 Å². The fourth-order valence-electron chi connectivity index (χ4n) is 5.49. The van der Waals surface area contributed by atoms with E-state index in [0.717, 1.165) is 42.4 Å². The van der Waals surface area contributed by atoms with Crippen LogP contribution in [0.4, 0.5) is 15.8 Å². The largest absolute Gasteiger partial charge is 0.341 e. The average Bonchev–Trinajstić information content (AvgIpc) is 2.86. The first-order valence-corrected chi connectivity index (χ1v) is 12.5. The molecule has 5 heteroatoms. The first kappa shape index (κ1) is 25.0. The van der Waals surface area contributed by atoms with Gasteiger partial charge in [-0.15, -0.1) is 0 Å². The van der Waals surface area contributed by atoms with Crippen LogP contribution in [-0.4, -0.2) is 30.0 Å². The van der Waals surface area contributed by atoms with Crippen molar-refractivity contribution in [2.45, 2.75) is 64.5 Å². The number of para-hydroxylation sites is 1. The van der Waals surface area contributed by atoms with Crippen LogP contribution in [0.2, 0.25) is 0 Å². The molecule has 2 aromatic rings. The molecule has 1 unspecified atom stereocenters. The van der Waals surface area contributed by atoms with Crippen LogP contribution in [0, 0.1) is 16.7 Å². The zero-order valence-electron chi connectivity index (χ0n) is 20.8. The molecule has 184 valence electrons. The van der Waals surface area contributed by atoms with E-state index >= 15 is 0 Å². The lowest BCUT2D eigenvalue weighted by atomic mass is 9.64. The summed E-state index contributed by atoms with van der Waals surface area (Å²) in [5.74, 6) is -1.37.